The molecule has 0 saturated heterocycles. The smallest absolute Gasteiger partial charge is 0.254 e. The average molecular weight is 350 g/mol. The van der Waals surface area contributed by atoms with Gasteiger partial charge in [0, 0.05) is 12.0 Å². The van der Waals surface area contributed by atoms with E-state index in [-0.39, 0.29) is 5.91 Å². The number of carbonyl (C=O) groups excluding carboxylic acids is 1. The lowest BCUT2D eigenvalue weighted by Crippen LogP contribution is -2.39. The molecule has 0 aliphatic rings. The van der Waals surface area contributed by atoms with E-state index in [4.69, 9.17) is 10.00 Å². The predicted octanol–water partition coefficient (Wildman–Crippen LogP) is 5.01. The van der Waals surface area contributed by atoms with E-state index < -0.39 is 6.23 Å². The maximum absolute atomic E-state index is 12.6. The lowest BCUT2D eigenvalue weighted by molar-refractivity contribution is 0.0811. The molecule has 26 heavy (non-hydrogen) atoms. The monoisotopic (exact) mass is 350 g/mol. The summed E-state index contributed by atoms with van der Waals surface area (Å²) < 4.78 is 5.93. The molecule has 0 aliphatic heterocycles. The van der Waals surface area contributed by atoms with Crippen LogP contribution in [0.4, 0.5) is 0 Å². The van der Waals surface area contributed by atoms with Crippen molar-refractivity contribution in [3.63, 3.8) is 0 Å². The molecule has 136 valence electrons. The Balaban J connectivity index is 2.05. The number of carbonyl (C=O) groups is 1. The van der Waals surface area contributed by atoms with Gasteiger partial charge in [-0.15, -0.1) is 0 Å². The molecular formula is C22H26N2O2. The number of unbranched alkanes of at least 4 members (excludes halogenated alkanes) is 1. The van der Waals surface area contributed by atoms with Gasteiger partial charge in [-0.25, -0.2) is 0 Å². The lowest BCUT2D eigenvalue weighted by Gasteiger charge is -2.20. The quantitative estimate of drug-likeness (QED) is 0.681. The average Bonchev–Trinajstić information content (AvgIpc) is 2.66. The van der Waals surface area contributed by atoms with E-state index in [2.05, 4.69) is 32.2 Å². The molecule has 0 bridgehead atoms. The van der Waals surface area contributed by atoms with Crippen molar-refractivity contribution in [3.05, 3.63) is 65.2 Å². The second kappa shape index (κ2) is 9.62. The van der Waals surface area contributed by atoms with Crippen LogP contribution in [0.15, 0.2) is 48.5 Å². The van der Waals surface area contributed by atoms with E-state index in [0.29, 0.717) is 22.8 Å². The van der Waals surface area contributed by atoms with Gasteiger partial charge in [0.2, 0.25) is 0 Å². The molecule has 2 aromatic rings. The molecule has 0 heterocycles. The van der Waals surface area contributed by atoms with Crippen molar-refractivity contribution >= 4 is 5.91 Å². The number of nitriles is 1. The molecule has 0 saturated carbocycles. The Morgan fingerprint density at radius 1 is 1.12 bits per heavy atom. The summed E-state index contributed by atoms with van der Waals surface area (Å²) in [6.07, 6.45) is 2.30. The summed E-state index contributed by atoms with van der Waals surface area (Å²) in [7, 11) is 0. The van der Waals surface area contributed by atoms with E-state index in [1.54, 1.807) is 24.3 Å². The summed E-state index contributed by atoms with van der Waals surface area (Å²) in [5, 5.41) is 11.8. The van der Waals surface area contributed by atoms with Gasteiger partial charge in [-0.05, 0) is 54.3 Å². The molecular weight excluding hydrogens is 324 g/mol. The Bertz CT molecular complexity index is 743. The van der Waals surface area contributed by atoms with Gasteiger partial charge < -0.3 is 10.1 Å². The van der Waals surface area contributed by atoms with Crippen LogP contribution in [0.2, 0.25) is 0 Å². The fourth-order valence-electron chi connectivity index (χ4n) is 2.57. The van der Waals surface area contributed by atoms with Crippen LogP contribution in [0.3, 0.4) is 0 Å². The number of hydrogen-bond donors (Lipinski definition) is 1. The second-order valence-electron chi connectivity index (χ2n) is 6.64. The molecule has 4 nitrogen and oxygen atoms in total. The summed E-state index contributed by atoms with van der Waals surface area (Å²) >= 11 is 0. The largest absolute Gasteiger partial charge is 0.471 e. The van der Waals surface area contributed by atoms with Gasteiger partial charge in [0.15, 0.2) is 6.23 Å². The molecule has 2 rings (SSSR count). The van der Waals surface area contributed by atoms with Gasteiger partial charge in [-0.3, -0.25) is 4.79 Å². The normalized spacial score (nSPS) is 11.7. The molecule has 0 aliphatic carbocycles. The first-order valence-electron chi connectivity index (χ1n) is 9.11. The predicted molar refractivity (Wildman–Crippen MR) is 103 cm³/mol. The van der Waals surface area contributed by atoms with E-state index in [1.807, 2.05) is 24.3 Å². The third-order valence-corrected chi connectivity index (χ3v) is 4.21. The van der Waals surface area contributed by atoms with Crippen LogP contribution in [-0.2, 0) is 0 Å². The van der Waals surface area contributed by atoms with Gasteiger partial charge >= 0.3 is 0 Å². The molecule has 2 aromatic carbocycles. The third-order valence-electron chi connectivity index (χ3n) is 4.21. The molecule has 0 fully saturated rings. The third kappa shape index (κ3) is 5.63. The Kier molecular flexibility index (Phi) is 7.23. The van der Waals surface area contributed by atoms with Gasteiger partial charge in [0.25, 0.3) is 5.91 Å². The number of nitrogens with zero attached hydrogens (tertiary/aromatic N) is 1. The fraction of sp³-hybridized carbons (Fsp3) is 0.364. The summed E-state index contributed by atoms with van der Waals surface area (Å²) in [5.74, 6) is 0.930. The van der Waals surface area contributed by atoms with Gasteiger partial charge in [-0.1, -0.05) is 39.3 Å². The first-order chi connectivity index (χ1) is 12.5. The SMILES string of the molecule is CCCCC(NC(=O)c1ccc(C(C)C)cc1)Oc1ccc(C#N)cc1. The molecule has 4 heteroatoms. The second-order valence-corrected chi connectivity index (χ2v) is 6.64. The summed E-state index contributed by atoms with van der Waals surface area (Å²) in [5.41, 5.74) is 2.41. The molecule has 1 unspecified atom stereocenters. The van der Waals surface area contributed by atoms with E-state index in [0.717, 1.165) is 19.3 Å². The van der Waals surface area contributed by atoms with E-state index in [9.17, 15) is 4.79 Å². The van der Waals surface area contributed by atoms with Crippen molar-refractivity contribution in [2.45, 2.75) is 52.2 Å². The van der Waals surface area contributed by atoms with Gasteiger partial charge in [0.05, 0.1) is 11.6 Å². The van der Waals surface area contributed by atoms with Crippen molar-refractivity contribution in [2.24, 2.45) is 0 Å². The highest BCUT2D eigenvalue weighted by atomic mass is 16.5. The van der Waals surface area contributed by atoms with Crippen LogP contribution in [0.25, 0.3) is 0 Å². The number of nitrogens with one attached hydrogen (secondary N) is 1. The van der Waals surface area contributed by atoms with Crippen LogP contribution in [-0.4, -0.2) is 12.1 Å². The molecule has 0 radical (unpaired) electrons. The maximum Gasteiger partial charge on any atom is 0.254 e. The lowest BCUT2D eigenvalue weighted by atomic mass is 10.0. The first-order valence-corrected chi connectivity index (χ1v) is 9.11. The Labute approximate surface area is 155 Å². The first kappa shape index (κ1) is 19.5. The number of ether oxygens (including phenoxy) is 1. The summed E-state index contributed by atoms with van der Waals surface area (Å²) in [6, 6.07) is 16.7. The van der Waals surface area contributed by atoms with Crippen LogP contribution >= 0.6 is 0 Å². The van der Waals surface area contributed by atoms with E-state index in [1.165, 1.54) is 5.56 Å². The van der Waals surface area contributed by atoms with Crippen LogP contribution in [0, 0.1) is 11.3 Å². The Morgan fingerprint density at radius 3 is 2.31 bits per heavy atom. The minimum atomic E-state index is -0.403. The van der Waals surface area contributed by atoms with E-state index >= 15 is 0 Å². The van der Waals surface area contributed by atoms with Crippen LogP contribution in [0.1, 0.15) is 67.4 Å². The molecule has 0 aromatic heterocycles. The summed E-state index contributed by atoms with van der Waals surface area (Å²) in [6.45, 7) is 6.35. The van der Waals surface area contributed by atoms with Crippen molar-refractivity contribution < 1.29 is 9.53 Å². The number of benzene rings is 2. The molecule has 1 atom stereocenters. The van der Waals surface area contributed by atoms with Gasteiger partial charge in [-0.2, -0.15) is 5.26 Å². The molecule has 0 spiro atoms. The highest BCUT2D eigenvalue weighted by Crippen LogP contribution is 2.17. The minimum absolute atomic E-state index is 0.143. The maximum atomic E-state index is 12.6. The molecule has 1 amide bonds. The fourth-order valence-corrected chi connectivity index (χ4v) is 2.57. The zero-order chi connectivity index (χ0) is 18.9. The number of amides is 1. The standard InChI is InChI=1S/C22H26N2O2/c1-4-5-6-21(26-20-13-7-17(15-23)8-14-20)24-22(25)19-11-9-18(10-12-19)16(2)3/h7-14,16,21H,4-6H2,1-3H3,(H,24,25). The topological polar surface area (TPSA) is 62.1 Å². The zero-order valence-corrected chi connectivity index (χ0v) is 15.7. The van der Waals surface area contributed by atoms with Gasteiger partial charge in [0.1, 0.15) is 5.75 Å². The number of hydrogen-bond acceptors (Lipinski definition) is 3. The van der Waals surface area contributed by atoms with Crippen LogP contribution < -0.4 is 10.1 Å². The highest BCUT2D eigenvalue weighted by Gasteiger charge is 2.15. The van der Waals surface area contributed by atoms with Crippen molar-refractivity contribution in [2.75, 3.05) is 0 Å². The summed E-state index contributed by atoms with van der Waals surface area (Å²) in [4.78, 5) is 12.6. The van der Waals surface area contributed by atoms with Crippen molar-refractivity contribution in [1.82, 2.24) is 5.32 Å². The van der Waals surface area contributed by atoms with Crippen molar-refractivity contribution in [3.8, 4) is 11.8 Å². The highest BCUT2D eigenvalue weighted by molar-refractivity contribution is 5.94. The molecule has 1 N–H and O–H groups in total. The zero-order valence-electron chi connectivity index (χ0n) is 15.7. The van der Waals surface area contributed by atoms with Crippen molar-refractivity contribution in [1.29, 1.82) is 5.26 Å². The number of rotatable bonds is 8. The minimum Gasteiger partial charge on any atom is -0.471 e. The Morgan fingerprint density at radius 2 is 1.77 bits per heavy atom. The Hall–Kier alpha value is -2.80. The van der Waals surface area contributed by atoms with Crippen LogP contribution in [0.5, 0.6) is 5.75 Å².